The third-order valence-electron chi connectivity index (χ3n) is 13.8. The molecule has 0 aliphatic rings. The molecule has 6 nitrogen and oxygen atoms in total. The van der Waals surface area contributed by atoms with Gasteiger partial charge in [-0.2, -0.15) is 0 Å². The fourth-order valence-electron chi connectivity index (χ4n) is 9.27. The van der Waals surface area contributed by atoms with Gasteiger partial charge < -0.3 is 20.3 Å². The molecule has 0 bridgehead atoms. The second-order valence-corrected chi connectivity index (χ2v) is 20.3. The van der Waals surface area contributed by atoms with Gasteiger partial charge in [0, 0.05) is 12.8 Å². The number of hydrogen-bond donors (Lipinski definition) is 3. The number of esters is 1. The van der Waals surface area contributed by atoms with E-state index in [1.165, 1.54) is 250 Å². The molecule has 0 spiro atoms. The Bertz CT molecular complexity index is 970. The maximum absolute atomic E-state index is 12.5. The molecular formula is C59H115NO5. The molecule has 2 atom stereocenters. The average molecular weight is 919 g/mol. The summed E-state index contributed by atoms with van der Waals surface area (Å²) in [5, 5.41) is 23.3. The van der Waals surface area contributed by atoms with E-state index >= 15 is 0 Å². The van der Waals surface area contributed by atoms with Gasteiger partial charge in [0.05, 0.1) is 25.4 Å². The molecule has 0 aromatic rings. The lowest BCUT2D eigenvalue weighted by Crippen LogP contribution is -2.45. The Morgan fingerprint density at radius 3 is 1.14 bits per heavy atom. The fourth-order valence-corrected chi connectivity index (χ4v) is 9.27. The highest BCUT2D eigenvalue weighted by Crippen LogP contribution is 2.18. The van der Waals surface area contributed by atoms with E-state index in [9.17, 15) is 19.8 Å². The number of amides is 1. The number of aliphatic hydroxyl groups is 2. The summed E-state index contributed by atoms with van der Waals surface area (Å²) in [6.07, 6.45) is 64.9. The minimum atomic E-state index is -0.664. The van der Waals surface area contributed by atoms with E-state index in [0.717, 1.165) is 44.9 Å². The molecule has 0 aromatic carbocycles. The lowest BCUT2D eigenvalue weighted by molar-refractivity contribution is -0.143. The standard InChI is InChI=1S/C59H115NO5/c1-3-5-7-9-11-13-15-16-17-25-28-32-35-39-43-47-51-57(62)56(55-61)60-58(63)52-48-44-40-36-33-29-26-23-21-19-18-20-22-24-27-30-34-38-42-46-50-54-65-59(64)53-49-45-41-37-31-14-12-10-8-6-4-2/h10,12,56-57,61-62H,3-9,11,13-55H2,1-2H3,(H,60,63)/b12-10-. The van der Waals surface area contributed by atoms with E-state index < -0.39 is 12.1 Å². The third kappa shape index (κ3) is 51.8. The van der Waals surface area contributed by atoms with E-state index in [1.54, 1.807) is 0 Å². The van der Waals surface area contributed by atoms with Crippen LogP contribution >= 0.6 is 0 Å². The van der Waals surface area contributed by atoms with E-state index in [1.807, 2.05) is 0 Å². The molecule has 65 heavy (non-hydrogen) atoms. The molecule has 386 valence electrons. The summed E-state index contributed by atoms with van der Waals surface area (Å²) in [6, 6.07) is -0.541. The fraction of sp³-hybridized carbons (Fsp3) is 0.932. The van der Waals surface area contributed by atoms with Crippen molar-refractivity contribution in [2.24, 2.45) is 0 Å². The maximum atomic E-state index is 12.5. The molecule has 0 fully saturated rings. The van der Waals surface area contributed by atoms with Crippen molar-refractivity contribution < 1.29 is 24.5 Å². The molecule has 2 unspecified atom stereocenters. The van der Waals surface area contributed by atoms with Gasteiger partial charge in [-0.25, -0.2) is 0 Å². The molecule has 0 saturated carbocycles. The van der Waals surface area contributed by atoms with Crippen LogP contribution in [0.4, 0.5) is 0 Å². The van der Waals surface area contributed by atoms with Crippen LogP contribution in [0.5, 0.6) is 0 Å². The van der Waals surface area contributed by atoms with Crippen LogP contribution < -0.4 is 5.32 Å². The van der Waals surface area contributed by atoms with E-state index in [-0.39, 0.29) is 18.5 Å². The van der Waals surface area contributed by atoms with Gasteiger partial charge in [0.15, 0.2) is 0 Å². The Hall–Kier alpha value is -1.40. The zero-order valence-electron chi connectivity index (χ0n) is 44.0. The lowest BCUT2D eigenvalue weighted by Gasteiger charge is -2.22. The van der Waals surface area contributed by atoms with Gasteiger partial charge in [0.2, 0.25) is 5.91 Å². The van der Waals surface area contributed by atoms with Crippen molar-refractivity contribution in [3.8, 4) is 0 Å². The van der Waals surface area contributed by atoms with Crippen LogP contribution in [0.15, 0.2) is 12.2 Å². The predicted octanol–water partition coefficient (Wildman–Crippen LogP) is 18.1. The molecule has 6 heteroatoms. The molecule has 0 radical (unpaired) electrons. The van der Waals surface area contributed by atoms with E-state index in [4.69, 9.17) is 4.74 Å². The summed E-state index contributed by atoms with van der Waals surface area (Å²) in [5.74, 6) is -0.0322. The summed E-state index contributed by atoms with van der Waals surface area (Å²) in [6.45, 7) is 4.93. The summed E-state index contributed by atoms with van der Waals surface area (Å²) >= 11 is 0. The molecule has 0 saturated heterocycles. The predicted molar refractivity (Wildman–Crippen MR) is 283 cm³/mol. The number of unbranched alkanes of at least 4 members (excludes halogenated alkanes) is 42. The largest absolute Gasteiger partial charge is 0.466 e. The maximum Gasteiger partial charge on any atom is 0.305 e. The van der Waals surface area contributed by atoms with E-state index in [2.05, 4.69) is 31.3 Å². The number of nitrogens with one attached hydrogen (secondary N) is 1. The minimum Gasteiger partial charge on any atom is -0.466 e. The van der Waals surface area contributed by atoms with Gasteiger partial charge in [-0.15, -0.1) is 0 Å². The first-order valence-corrected chi connectivity index (χ1v) is 29.4. The number of rotatable bonds is 55. The first-order chi connectivity index (χ1) is 32.0. The van der Waals surface area contributed by atoms with Crippen molar-refractivity contribution in [2.45, 2.75) is 341 Å². The summed E-state index contributed by atoms with van der Waals surface area (Å²) < 4.78 is 5.46. The zero-order valence-corrected chi connectivity index (χ0v) is 44.0. The molecule has 3 N–H and O–H groups in total. The summed E-state index contributed by atoms with van der Waals surface area (Å²) in [5.41, 5.74) is 0. The van der Waals surface area contributed by atoms with Gasteiger partial charge in [-0.05, 0) is 44.9 Å². The average Bonchev–Trinajstić information content (AvgIpc) is 3.31. The number of ether oxygens (including phenoxy) is 1. The van der Waals surface area contributed by atoms with Crippen molar-refractivity contribution in [3.63, 3.8) is 0 Å². The van der Waals surface area contributed by atoms with Crippen LogP contribution in [-0.2, 0) is 14.3 Å². The van der Waals surface area contributed by atoms with Crippen LogP contribution in [0, 0.1) is 0 Å². The van der Waals surface area contributed by atoms with Crippen LogP contribution in [0.25, 0.3) is 0 Å². The molecule has 0 aliphatic heterocycles. The molecule has 0 aromatic heterocycles. The van der Waals surface area contributed by atoms with Gasteiger partial charge in [0.1, 0.15) is 0 Å². The Morgan fingerprint density at radius 2 is 0.738 bits per heavy atom. The second-order valence-electron chi connectivity index (χ2n) is 20.3. The van der Waals surface area contributed by atoms with E-state index in [0.29, 0.717) is 25.9 Å². The Balaban J connectivity index is 3.39. The van der Waals surface area contributed by atoms with Crippen molar-refractivity contribution in [2.75, 3.05) is 13.2 Å². The van der Waals surface area contributed by atoms with Crippen LogP contribution in [0.3, 0.4) is 0 Å². The molecule has 0 heterocycles. The number of aliphatic hydroxyl groups excluding tert-OH is 2. The van der Waals surface area contributed by atoms with Crippen molar-refractivity contribution in [1.82, 2.24) is 5.32 Å². The minimum absolute atomic E-state index is 0.00141. The Labute approximate surface area is 406 Å². The van der Waals surface area contributed by atoms with Crippen LogP contribution in [-0.4, -0.2) is 47.4 Å². The topological polar surface area (TPSA) is 95.9 Å². The molecule has 1 amide bonds. The summed E-state index contributed by atoms with van der Waals surface area (Å²) in [7, 11) is 0. The number of allylic oxidation sites excluding steroid dienone is 2. The number of carbonyl (C=O) groups excluding carboxylic acids is 2. The third-order valence-corrected chi connectivity index (χ3v) is 13.8. The van der Waals surface area contributed by atoms with Crippen molar-refractivity contribution in [1.29, 1.82) is 0 Å². The normalized spacial score (nSPS) is 12.6. The van der Waals surface area contributed by atoms with Crippen molar-refractivity contribution >= 4 is 11.9 Å². The first-order valence-electron chi connectivity index (χ1n) is 29.4. The number of carbonyl (C=O) groups is 2. The van der Waals surface area contributed by atoms with Crippen molar-refractivity contribution in [3.05, 3.63) is 12.2 Å². The smallest absolute Gasteiger partial charge is 0.305 e. The quantitative estimate of drug-likeness (QED) is 0.0321. The second kappa shape index (κ2) is 55.2. The highest BCUT2D eigenvalue weighted by Gasteiger charge is 2.20. The Kier molecular flexibility index (Phi) is 54.0. The number of hydrogen-bond acceptors (Lipinski definition) is 5. The molecule has 0 rings (SSSR count). The SMILES string of the molecule is CCCC/C=C\CCCCCCCC(=O)OCCCCCCCCCCCCCCCCCCCCCCCC(=O)NC(CO)C(O)CCCCCCCCCCCCCCCCCC. The highest BCUT2D eigenvalue weighted by atomic mass is 16.5. The van der Waals surface area contributed by atoms with Gasteiger partial charge in [-0.3, -0.25) is 9.59 Å². The summed E-state index contributed by atoms with van der Waals surface area (Å²) in [4.78, 5) is 24.5. The van der Waals surface area contributed by atoms with Gasteiger partial charge >= 0.3 is 5.97 Å². The van der Waals surface area contributed by atoms with Gasteiger partial charge in [-0.1, -0.05) is 283 Å². The monoisotopic (exact) mass is 918 g/mol. The van der Waals surface area contributed by atoms with Gasteiger partial charge in [0.25, 0.3) is 0 Å². The highest BCUT2D eigenvalue weighted by molar-refractivity contribution is 5.76. The first kappa shape index (κ1) is 63.6. The lowest BCUT2D eigenvalue weighted by atomic mass is 10.0. The molecule has 0 aliphatic carbocycles. The zero-order chi connectivity index (χ0) is 47.2. The molecular weight excluding hydrogens is 803 g/mol. The Morgan fingerprint density at radius 1 is 0.415 bits per heavy atom. The van der Waals surface area contributed by atoms with Crippen LogP contribution in [0.2, 0.25) is 0 Å². The van der Waals surface area contributed by atoms with Crippen LogP contribution in [0.1, 0.15) is 328 Å².